The average molecular weight is 277 g/mol. The monoisotopic (exact) mass is 277 g/mol. The highest BCUT2D eigenvalue weighted by molar-refractivity contribution is 7.79. The molecular formula is C15H23N3S. The molecule has 1 fully saturated rings. The van der Waals surface area contributed by atoms with Crippen molar-refractivity contribution < 1.29 is 0 Å². The number of hydrogen-bond acceptors (Lipinski definition) is 3. The molecule has 1 aromatic carbocycles. The van der Waals surface area contributed by atoms with Gasteiger partial charge in [-0.1, -0.05) is 6.07 Å². The van der Waals surface area contributed by atoms with E-state index in [2.05, 4.69) is 41.1 Å². The fraction of sp³-hybridized carbons (Fsp3) is 0.467. The van der Waals surface area contributed by atoms with Crippen molar-refractivity contribution >= 4 is 23.5 Å². The van der Waals surface area contributed by atoms with Crippen molar-refractivity contribution in [2.45, 2.75) is 25.0 Å². The van der Waals surface area contributed by atoms with Crippen LogP contribution in [-0.4, -0.2) is 24.6 Å². The minimum absolute atomic E-state index is 0.693. The van der Waals surface area contributed by atoms with Crippen LogP contribution in [0.25, 0.3) is 10.9 Å². The lowest BCUT2D eigenvalue weighted by atomic mass is 10.1. The first-order chi connectivity index (χ1) is 9.35. The summed E-state index contributed by atoms with van der Waals surface area (Å²) in [6, 6.07) is 6.38. The van der Waals surface area contributed by atoms with E-state index < -0.39 is 0 Å². The summed E-state index contributed by atoms with van der Waals surface area (Å²) in [6.45, 7) is 3.19. The number of benzene rings is 1. The van der Waals surface area contributed by atoms with Gasteiger partial charge in [0.15, 0.2) is 0 Å². The molecule has 2 heterocycles. The molecule has 0 unspecified atom stereocenters. The molecule has 0 amide bonds. The van der Waals surface area contributed by atoms with E-state index in [9.17, 15) is 0 Å². The number of thiol groups is 1. The van der Waals surface area contributed by atoms with Crippen LogP contribution in [0.3, 0.4) is 0 Å². The molecule has 19 heavy (non-hydrogen) atoms. The van der Waals surface area contributed by atoms with Crippen molar-refractivity contribution in [2.75, 3.05) is 19.6 Å². The van der Waals surface area contributed by atoms with Gasteiger partial charge in [-0.05, 0) is 62.2 Å². The summed E-state index contributed by atoms with van der Waals surface area (Å²) < 4.78 is 0. The van der Waals surface area contributed by atoms with E-state index in [4.69, 9.17) is 5.73 Å². The molecule has 1 aromatic heterocycles. The molecule has 104 valence electrons. The van der Waals surface area contributed by atoms with Crippen molar-refractivity contribution in [1.29, 1.82) is 0 Å². The zero-order valence-corrected chi connectivity index (χ0v) is 12.2. The van der Waals surface area contributed by atoms with Crippen molar-refractivity contribution in [3.63, 3.8) is 0 Å². The largest absolute Gasteiger partial charge is 0.361 e. The molecule has 0 radical (unpaired) electrons. The van der Waals surface area contributed by atoms with Crippen LogP contribution in [0.15, 0.2) is 24.4 Å². The van der Waals surface area contributed by atoms with Gasteiger partial charge in [0, 0.05) is 22.9 Å². The number of fused-ring (bicyclic) bond motifs is 1. The molecule has 1 aliphatic heterocycles. The summed E-state index contributed by atoms with van der Waals surface area (Å²) in [5.41, 5.74) is 9.28. The molecule has 2 aromatic rings. The Kier molecular flexibility index (Phi) is 5.76. The van der Waals surface area contributed by atoms with Crippen molar-refractivity contribution in [2.24, 2.45) is 5.73 Å². The van der Waals surface area contributed by atoms with E-state index in [1.54, 1.807) is 0 Å². The van der Waals surface area contributed by atoms with Crippen LogP contribution in [0.2, 0.25) is 0 Å². The first kappa shape index (κ1) is 14.4. The number of hydrogen-bond donors (Lipinski definition) is 4. The fourth-order valence-electron chi connectivity index (χ4n) is 2.31. The number of aromatic amines is 1. The Hall–Kier alpha value is -0.970. The number of nitrogens with one attached hydrogen (secondary N) is 2. The highest BCUT2D eigenvalue weighted by Crippen LogP contribution is 2.20. The SMILES string of the molecule is C1CCNC1.NCCc1c[nH]c2ccc(CS)cc12. The van der Waals surface area contributed by atoms with Crippen LogP contribution in [0.4, 0.5) is 0 Å². The van der Waals surface area contributed by atoms with Crippen LogP contribution in [0, 0.1) is 0 Å². The lowest BCUT2D eigenvalue weighted by Crippen LogP contribution is -2.03. The average Bonchev–Trinajstić information content (AvgIpc) is 3.12. The Labute approximate surface area is 120 Å². The number of rotatable bonds is 3. The first-order valence-electron chi connectivity index (χ1n) is 6.95. The van der Waals surface area contributed by atoms with Gasteiger partial charge in [0.05, 0.1) is 0 Å². The van der Waals surface area contributed by atoms with E-state index >= 15 is 0 Å². The molecule has 1 aliphatic rings. The summed E-state index contributed by atoms with van der Waals surface area (Å²) in [5.74, 6) is 0.781. The maximum Gasteiger partial charge on any atom is 0.0457 e. The van der Waals surface area contributed by atoms with Crippen LogP contribution in [-0.2, 0) is 12.2 Å². The van der Waals surface area contributed by atoms with Crippen LogP contribution < -0.4 is 11.1 Å². The minimum Gasteiger partial charge on any atom is -0.361 e. The van der Waals surface area contributed by atoms with E-state index in [1.807, 2.05) is 6.20 Å². The summed E-state index contributed by atoms with van der Waals surface area (Å²) in [4.78, 5) is 3.24. The third-order valence-corrected chi connectivity index (χ3v) is 3.75. The van der Waals surface area contributed by atoms with Crippen LogP contribution in [0.1, 0.15) is 24.0 Å². The minimum atomic E-state index is 0.693. The number of H-pyrrole nitrogens is 1. The summed E-state index contributed by atoms with van der Waals surface area (Å²) in [7, 11) is 0. The third kappa shape index (κ3) is 4.00. The van der Waals surface area contributed by atoms with Gasteiger partial charge in [0.25, 0.3) is 0 Å². The molecule has 0 atom stereocenters. The van der Waals surface area contributed by atoms with E-state index in [1.165, 1.54) is 48.0 Å². The number of nitrogens with two attached hydrogens (primary N) is 1. The van der Waals surface area contributed by atoms with Gasteiger partial charge in [-0.25, -0.2) is 0 Å². The Morgan fingerprint density at radius 3 is 2.58 bits per heavy atom. The molecule has 0 aliphatic carbocycles. The lowest BCUT2D eigenvalue weighted by molar-refractivity contribution is 0.857. The van der Waals surface area contributed by atoms with Crippen molar-refractivity contribution in [3.05, 3.63) is 35.5 Å². The molecule has 3 nitrogen and oxygen atoms in total. The third-order valence-electron chi connectivity index (χ3n) is 3.39. The first-order valence-corrected chi connectivity index (χ1v) is 7.59. The second-order valence-corrected chi connectivity index (χ2v) is 5.16. The maximum atomic E-state index is 5.55. The molecule has 0 spiro atoms. The Morgan fingerprint density at radius 1 is 1.21 bits per heavy atom. The van der Waals surface area contributed by atoms with Gasteiger partial charge >= 0.3 is 0 Å². The lowest BCUT2D eigenvalue weighted by Gasteiger charge is -1.99. The second-order valence-electron chi connectivity index (χ2n) is 4.85. The topological polar surface area (TPSA) is 53.8 Å². The van der Waals surface area contributed by atoms with Crippen LogP contribution >= 0.6 is 12.6 Å². The zero-order chi connectivity index (χ0) is 13.5. The molecule has 4 N–H and O–H groups in total. The van der Waals surface area contributed by atoms with Gasteiger partial charge in [0.1, 0.15) is 0 Å². The normalized spacial score (nSPS) is 14.4. The molecule has 0 bridgehead atoms. The Morgan fingerprint density at radius 2 is 2.00 bits per heavy atom. The van der Waals surface area contributed by atoms with E-state index in [0.29, 0.717) is 6.54 Å². The van der Waals surface area contributed by atoms with Gasteiger partial charge in [-0.15, -0.1) is 0 Å². The maximum absolute atomic E-state index is 5.55. The molecule has 3 rings (SSSR count). The predicted molar refractivity (Wildman–Crippen MR) is 85.9 cm³/mol. The van der Waals surface area contributed by atoms with Crippen molar-refractivity contribution in [1.82, 2.24) is 10.3 Å². The molecule has 4 heteroatoms. The Bertz CT molecular complexity index is 495. The molecular weight excluding hydrogens is 254 g/mol. The van der Waals surface area contributed by atoms with E-state index in [0.717, 1.165) is 12.2 Å². The van der Waals surface area contributed by atoms with E-state index in [-0.39, 0.29) is 0 Å². The van der Waals surface area contributed by atoms with Gasteiger partial charge in [-0.2, -0.15) is 12.6 Å². The quantitative estimate of drug-likeness (QED) is 0.652. The molecule has 1 saturated heterocycles. The standard InChI is InChI=1S/C11H14N2S.C4H9N/c12-4-3-9-6-13-11-2-1-8(7-14)5-10(9)11;1-2-4-5-3-1/h1-2,5-6,13-14H,3-4,7,12H2;5H,1-4H2. The second kappa shape index (κ2) is 7.58. The number of aromatic nitrogens is 1. The highest BCUT2D eigenvalue weighted by atomic mass is 32.1. The molecule has 0 saturated carbocycles. The van der Waals surface area contributed by atoms with Gasteiger partial charge in [-0.3, -0.25) is 0 Å². The highest BCUT2D eigenvalue weighted by Gasteiger charge is 2.02. The fourth-order valence-corrected chi connectivity index (χ4v) is 2.51. The summed E-state index contributed by atoms with van der Waals surface area (Å²) >= 11 is 4.27. The smallest absolute Gasteiger partial charge is 0.0457 e. The van der Waals surface area contributed by atoms with Gasteiger partial charge in [0.2, 0.25) is 0 Å². The Balaban J connectivity index is 0.000000224. The summed E-state index contributed by atoms with van der Waals surface area (Å²) in [6.07, 6.45) is 5.75. The predicted octanol–water partition coefficient (Wildman–Crippen LogP) is 2.47. The van der Waals surface area contributed by atoms with Gasteiger partial charge < -0.3 is 16.0 Å². The zero-order valence-electron chi connectivity index (χ0n) is 11.3. The summed E-state index contributed by atoms with van der Waals surface area (Å²) in [5, 5.41) is 4.50. The van der Waals surface area contributed by atoms with Crippen molar-refractivity contribution in [3.8, 4) is 0 Å². The van der Waals surface area contributed by atoms with Crippen LogP contribution in [0.5, 0.6) is 0 Å².